The first-order valence-corrected chi connectivity index (χ1v) is 10.3. The molecule has 0 radical (unpaired) electrons. The van der Waals surface area contributed by atoms with Crippen LogP contribution in [0.4, 0.5) is 0 Å². The Kier molecular flexibility index (Phi) is 7.75. The first kappa shape index (κ1) is 22.7. The van der Waals surface area contributed by atoms with E-state index in [1.807, 2.05) is 43.3 Å². The molecule has 164 valence electrons. The molecule has 6 nitrogen and oxygen atoms in total. The number of nitrogens with one attached hydrogen (secondary N) is 1. The van der Waals surface area contributed by atoms with E-state index < -0.39 is 5.97 Å². The molecule has 0 aliphatic carbocycles. The normalized spacial score (nSPS) is 10.9. The second kappa shape index (κ2) is 10.9. The Bertz CT molecular complexity index is 1090. The zero-order valence-electron chi connectivity index (χ0n) is 18.4. The number of carbonyl (C=O) groups excluding carboxylic acids is 2. The van der Waals surface area contributed by atoms with Crippen LogP contribution in [0.3, 0.4) is 0 Å². The molecular formula is C26H26N2O4. The third kappa shape index (κ3) is 6.80. The van der Waals surface area contributed by atoms with E-state index in [4.69, 9.17) is 9.47 Å². The molecular weight excluding hydrogens is 404 g/mol. The number of hydrazone groups is 1. The SMILES string of the molecule is Cc1cccc(C(=O)Oc2ccc(/C=N/NC(=O)COc3ccc(C(C)C)cc3)cc2)c1. The van der Waals surface area contributed by atoms with Crippen molar-refractivity contribution >= 4 is 18.1 Å². The highest BCUT2D eigenvalue weighted by molar-refractivity contribution is 5.91. The number of hydrogen-bond donors (Lipinski definition) is 1. The Labute approximate surface area is 187 Å². The Morgan fingerprint density at radius 3 is 2.31 bits per heavy atom. The topological polar surface area (TPSA) is 77.0 Å². The van der Waals surface area contributed by atoms with Gasteiger partial charge >= 0.3 is 5.97 Å². The molecule has 0 unspecified atom stereocenters. The number of nitrogens with zero attached hydrogens (tertiary/aromatic N) is 1. The van der Waals surface area contributed by atoms with E-state index in [1.54, 1.807) is 36.4 Å². The quantitative estimate of drug-likeness (QED) is 0.239. The van der Waals surface area contributed by atoms with Crippen LogP contribution in [-0.2, 0) is 4.79 Å². The maximum absolute atomic E-state index is 12.2. The number of hydrogen-bond acceptors (Lipinski definition) is 5. The average molecular weight is 431 g/mol. The summed E-state index contributed by atoms with van der Waals surface area (Å²) in [6, 6.07) is 21.7. The van der Waals surface area contributed by atoms with Gasteiger partial charge in [-0.3, -0.25) is 4.79 Å². The van der Waals surface area contributed by atoms with Crippen LogP contribution < -0.4 is 14.9 Å². The summed E-state index contributed by atoms with van der Waals surface area (Å²) in [5, 5.41) is 3.93. The highest BCUT2D eigenvalue weighted by Crippen LogP contribution is 2.18. The van der Waals surface area contributed by atoms with E-state index in [9.17, 15) is 9.59 Å². The monoisotopic (exact) mass is 430 g/mol. The Morgan fingerprint density at radius 1 is 0.969 bits per heavy atom. The molecule has 1 amide bonds. The van der Waals surface area contributed by atoms with Gasteiger partial charge in [-0.2, -0.15) is 5.10 Å². The smallest absolute Gasteiger partial charge is 0.343 e. The molecule has 0 atom stereocenters. The lowest BCUT2D eigenvalue weighted by Gasteiger charge is -2.08. The van der Waals surface area contributed by atoms with Crippen LogP contribution in [0.5, 0.6) is 11.5 Å². The van der Waals surface area contributed by atoms with Gasteiger partial charge in [0.1, 0.15) is 11.5 Å². The third-order valence-electron chi connectivity index (χ3n) is 4.66. The summed E-state index contributed by atoms with van der Waals surface area (Å²) in [7, 11) is 0. The van der Waals surface area contributed by atoms with Crippen LogP contribution in [0.1, 0.15) is 46.8 Å². The van der Waals surface area contributed by atoms with Gasteiger partial charge in [-0.05, 0) is 72.5 Å². The molecule has 0 aromatic heterocycles. The van der Waals surface area contributed by atoms with Crippen molar-refractivity contribution in [2.45, 2.75) is 26.7 Å². The first-order valence-electron chi connectivity index (χ1n) is 10.3. The van der Waals surface area contributed by atoms with Gasteiger partial charge in [0.05, 0.1) is 11.8 Å². The molecule has 6 heteroatoms. The molecule has 0 bridgehead atoms. The zero-order chi connectivity index (χ0) is 22.9. The van der Waals surface area contributed by atoms with Crippen LogP contribution in [0, 0.1) is 6.92 Å². The molecule has 0 heterocycles. The van der Waals surface area contributed by atoms with Gasteiger partial charge in [0.2, 0.25) is 0 Å². The standard InChI is InChI=1S/C26H26N2O4/c1-18(2)21-9-13-23(14-10-21)31-17-25(29)28-27-16-20-7-11-24(12-8-20)32-26(30)22-6-4-5-19(3)15-22/h4-16,18H,17H2,1-3H3,(H,28,29)/b27-16+. The maximum Gasteiger partial charge on any atom is 0.343 e. The van der Waals surface area contributed by atoms with Gasteiger partial charge in [-0.15, -0.1) is 0 Å². The summed E-state index contributed by atoms with van der Waals surface area (Å²) in [5.74, 6) is 0.717. The summed E-state index contributed by atoms with van der Waals surface area (Å²) in [6.45, 7) is 6.02. The minimum absolute atomic E-state index is 0.133. The largest absolute Gasteiger partial charge is 0.484 e. The molecule has 0 aliphatic heterocycles. The van der Waals surface area contributed by atoms with Crippen molar-refractivity contribution in [2.24, 2.45) is 5.10 Å². The predicted octanol–water partition coefficient (Wildman–Crippen LogP) is 4.87. The van der Waals surface area contributed by atoms with Crippen molar-refractivity contribution < 1.29 is 19.1 Å². The minimum Gasteiger partial charge on any atom is -0.484 e. The number of ether oxygens (including phenoxy) is 2. The Balaban J connectivity index is 1.45. The molecule has 0 aliphatic rings. The minimum atomic E-state index is -0.416. The van der Waals surface area contributed by atoms with E-state index in [-0.39, 0.29) is 12.5 Å². The second-order valence-electron chi connectivity index (χ2n) is 7.63. The summed E-state index contributed by atoms with van der Waals surface area (Å²) < 4.78 is 10.8. The molecule has 3 aromatic rings. The lowest BCUT2D eigenvalue weighted by Crippen LogP contribution is -2.24. The molecule has 32 heavy (non-hydrogen) atoms. The number of amides is 1. The summed E-state index contributed by atoms with van der Waals surface area (Å²) in [4.78, 5) is 24.1. The summed E-state index contributed by atoms with van der Waals surface area (Å²) in [6.07, 6.45) is 1.50. The van der Waals surface area contributed by atoms with E-state index in [1.165, 1.54) is 11.8 Å². The van der Waals surface area contributed by atoms with Crippen LogP contribution in [-0.4, -0.2) is 24.7 Å². The predicted molar refractivity (Wildman–Crippen MR) is 124 cm³/mol. The highest BCUT2D eigenvalue weighted by atomic mass is 16.5. The van der Waals surface area contributed by atoms with E-state index in [2.05, 4.69) is 24.4 Å². The van der Waals surface area contributed by atoms with Crippen molar-refractivity contribution in [3.05, 3.63) is 95.1 Å². The average Bonchev–Trinajstić information content (AvgIpc) is 2.79. The van der Waals surface area contributed by atoms with Gasteiger partial charge in [-0.1, -0.05) is 43.7 Å². The van der Waals surface area contributed by atoms with Gasteiger partial charge in [0, 0.05) is 0 Å². The van der Waals surface area contributed by atoms with Crippen molar-refractivity contribution in [3.63, 3.8) is 0 Å². The Morgan fingerprint density at radius 2 is 1.66 bits per heavy atom. The van der Waals surface area contributed by atoms with Crippen molar-refractivity contribution in [3.8, 4) is 11.5 Å². The van der Waals surface area contributed by atoms with Crippen molar-refractivity contribution in [2.75, 3.05) is 6.61 Å². The molecule has 0 fully saturated rings. The van der Waals surface area contributed by atoms with E-state index in [0.717, 1.165) is 11.1 Å². The second-order valence-corrected chi connectivity index (χ2v) is 7.63. The molecule has 3 rings (SSSR count). The molecule has 0 saturated heterocycles. The highest BCUT2D eigenvalue weighted by Gasteiger charge is 2.08. The fraction of sp³-hybridized carbons (Fsp3) is 0.192. The van der Waals surface area contributed by atoms with Gasteiger partial charge in [0.25, 0.3) is 5.91 Å². The number of esters is 1. The lowest BCUT2D eigenvalue weighted by atomic mass is 10.0. The third-order valence-corrected chi connectivity index (χ3v) is 4.66. The fourth-order valence-electron chi connectivity index (χ4n) is 2.87. The molecule has 0 saturated carbocycles. The fourth-order valence-corrected chi connectivity index (χ4v) is 2.87. The van der Waals surface area contributed by atoms with Gasteiger partial charge in [-0.25, -0.2) is 10.2 Å². The lowest BCUT2D eigenvalue weighted by molar-refractivity contribution is -0.123. The van der Waals surface area contributed by atoms with Gasteiger partial charge in [0.15, 0.2) is 6.61 Å². The van der Waals surface area contributed by atoms with Crippen molar-refractivity contribution in [1.29, 1.82) is 0 Å². The van der Waals surface area contributed by atoms with Crippen LogP contribution in [0.2, 0.25) is 0 Å². The summed E-state index contributed by atoms with van der Waals surface area (Å²) >= 11 is 0. The Hall–Kier alpha value is -3.93. The summed E-state index contributed by atoms with van der Waals surface area (Å²) in [5.41, 5.74) is 5.86. The zero-order valence-corrected chi connectivity index (χ0v) is 18.4. The number of carbonyl (C=O) groups is 2. The van der Waals surface area contributed by atoms with Crippen LogP contribution in [0.25, 0.3) is 0 Å². The number of aryl methyl sites for hydroxylation is 1. The number of benzene rings is 3. The molecule has 3 aromatic carbocycles. The van der Waals surface area contributed by atoms with Crippen molar-refractivity contribution in [1.82, 2.24) is 5.43 Å². The number of rotatable bonds is 8. The first-order chi connectivity index (χ1) is 15.4. The van der Waals surface area contributed by atoms with E-state index >= 15 is 0 Å². The molecule has 0 spiro atoms. The maximum atomic E-state index is 12.2. The van der Waals surface area contributed by atoms with Gasteiger partial charge < -0.3 is 9.47 Å². The van der Waals surface area contributed by atoms with Crippen LogP contribution in [0.15, 0.2) is 77.9 Å². The van der Waals surface area contributed by atoms with Crippen LogP contribution >= 0.6 is 0 Å². The van der Waals surface area contributed by atoms with E-state index in [0.29, 0.717) is 23.0 Å². The molecule has 1 N–H and O–H groups in total.